The number of oxime groups is 1. The van der Waals surface area contributed by atoms with Crippen LogP contribution in [0.5, 0.6) is 0 Å². The Morgan fingerprint density at radius 2 is 2.47 bits per heavy atom. The number of thiazole rings is 1. The Morgan fingerprint density at radius 3 is 3.12 bits per heavy atom. The number of allylic oxidation sites excluding steroid dienone is 5. The molecule has 0 saturated carbocycles. The lowest BCUT2D eigenvalue weighted by Crippen LogP contribution is -1.80. The van der Waals surface area contributed by atoms with E-state index < -0.39 is 0 Å². The maximum atomic E-state index is 8.35. The highest BCUT2D eigenvalue weighted by Crippen LogP contribution is 2.07. The minimum atomic E-state index is 0.597. The monoisotopic (exact) mass is 244 g/mol. The van der Waals surface area contributed by atoms with Gasteiger partial charge in [-0.25, -0.2) is 4.98 Å². The molecule has 0 aliphatic rings. The maximum absolute atomic E-state index is 8.35. The van der Waals surface area contributed by atoms with Crippen molar-refractivity contribution in [3.8, 4) is 11.8 Å². The summed E-state index contributed by atoms with van der Waals surface area (Å²) in [5.74, 6) is 5.88. The van der Waals surface area contributed by atoms with E-state index >= 15 is 0 Å². The number of aromatic nitrogens is 1. The zero-order valence-corrected chi connectivity index (χ0v) is 10.2. The van der Waals surface area contributed by atoms with Crippen LogP contribution < -0.4 is 0 Å². The first-order chi connectivity index (χ1) is 8.30. The van der Waals surface area contributed by atoms with Gasteiger partial charge < -0.3 is 5.21 Å². The molecule has 1 aromatic heterocycles. The van der Waals surface area contributed by atoms with Gasteiger partial charge in [-0.05, 0) is 18.9 Å². The molecule has 0 atom stereocenters. The van der Waals surface area contributed by atoms with E-state index in [1.807, 2.05) is 25.2 Å². The van der Waals surface area contributed by atoms with Gasteiger partial charge in [-0.3, -0.25) is 0 Å². The highest BCUT2D eigenvalue weighted by molar-refractivity contribution is 7.10. The van der Waals surface area contributed by atoms with Crippen LogP contribution in [0.2, 0.25) is 0 Å². The van der Waals surface area contributed by atoms with E-state index in [4.69, 9.17) is 5.21 Å². The standard InChI is InChI=1S/C13H12N2OS/c1-3-5-6-11(4-2)7-8-13-15-12(9-14-16)10-17-13/h3-6,9-10,16H,2H2,1H3/b5-3-,11-6+,14-9-. The molecule has 0 unspecified atom stereocenters. The molecule has 0 amide bonds. The molecule has 1 N–H and O–H groups in total. The van der Waals surface area contributed by atoms with Crippen LogP contribution in [0, 0.1) is 11.8 Å². The van der Waals surface area contributed by atoms with Crippen molar-refractivity contribution in [2.24, 2.45) is 5.16 Å². The van der Waals surface area contributed by atoms with Crippen LogP contribution >= 0.6 is 11.3 Å². The minimum Gasteiger partial charge on any atom is -0.411 e. The normalized spacial score (nSPS) is 11.7. The molecule has 0 aromatic carbocycles. The highest BCUT2D eigenvalue weighted by Gasteiger charge is 1.95. The van der Waals surface area contributed by atoms with E-state index in [0.29, 0.717) is 10.7 Å². The van der Waals surface area contributed by atoms with Crippen LogP contribution in [0.15, 0.2) is 47.0 Å². The van der Waals surface area contributed by atoms with Crippen LogP contribution in [-0.4, -0.2) is 16.4 Å². The van der Waals surface area contributed by atoms with Crippen molar-refractivity contribution < 1.29 is 5.21 Å². The second kappa shape index (κ2) is 7.20. The number of hydrogen-bond donors (Lipinski definition) is 1. The predicted octanol–water partition coefficient (Wildman–Crippen LogP) is 2.99. The molecule has 0 saturated heterocycles. The van der Waals surface area contributed by atoms with E-state index in [-0.39, 0.29) is 0 Å². The first-order valence-corrected chi connectivity index (χ1v) is 5.78. The van der Waals surface area contributed by atoms with Gasteiger partial charge in [0.15, 0.2) is 5.01 Å². The fraction of sp³-hybridized carbons (Fsp3) is 0.0769. The van der Waals surface area contributed by atoms with Crippen LogP contribution in [0.25, 0.3) is 0 Å². The highest BCUT2D eigenvalue weighted by atomic mass is 32.1. The van der Waals surface area contributed by atoms with Gasteiger partial charge in [0.05, 0.1) is 11.9 Å². The second-order valence-corrected chi connectivity index (χ2v) is 3.78. The summed E-state index contributed by atoms with van der Waals surface area (Å²) in [4.78, 5) is 4.14. The third-order valence-corrected chi connectivity index (χ3v) is 2.49. The van der Waals surface area contributed by atoms with Gasteiger partial charge in [-0.2, -0.15) is 0 Å². The minimum absolute atomic E-state index is 0.597. The quantitative estimate of drug-likeness (QED) is 0.292. The van der Waals surface area contributed by atoms with Crippen molar-refractivity contribution in [2.45, 2.75) is 6.92 Å². The van der Waals surface area contributed by atoms with Crippen LogP contribution in [0.3, 0.4) is 0 Å². The molecular weight excluding hydrogens is 232 g/mol. The third-order valence-electron chi connectivity index (χ3n) is 1.71. The Bertz CT molecular complexity index is 527. The largest absolute Gasteiger partial charge is 0.411 e. The van der Waals surface area contributed by atoms with E-state index in [0.717, 1.165) is 5.57 Å². The Kier molecular flexibility index (Phi) is 5.49. The van der Waals surface area contributed by atoms with Crippen LogP contribution in [-0.2, 0) is 0 Å². The zero-order chi connectivity index (χ0) is 12.5. The SMILES string of the molecule is C=C/C(C#Cc1nc(/C=N\O)cs1)=C\C=C/C. The number of rotatable bonds is 3. The lowest BCUT2D eigenvalue weighted by atomic mass is 10.2. The molecule has 4 heteroatoms. The summed E-state index contributed by atoms with van der Waals surface area (Å²) in [7, 11) is 0. The van der Waals surface area contributed by atoms with Crippen LogP contribution in [0.1, 0.15) is 17.6 Å². The molecule has 0 aliphatic heterocycles. The van der Waals surface area contributed by atoms with Gasteiger partial charge in [0.25, 0.3) is 0 Å². The third kappa shape index (κ3) is 4.49. The molecule has 0 fully saturated rings. The summed E-state index contributed by atoms with van der Waals surface area (Å²) in [6, 6.07) is 0. The smallest absolute Gasteiger partial charge is 0.167 e. The lowest BCUT2D eigenvalue weighted by molar-refractivity contribution is 0.321. The maximum Gasteiger partial charge on any atom is 0.167 e. The summed E-state index contributed by atoms with van der Waals surface area (Å²) in [6.45, 7) is 5.62. The lowest BCUT2D eigenvalue weighted by Gasteiger charge is -1.84. The molecule has 0 bridgehead atoms. The molecule has 1 heterocycles. The molecule has 17 heavy (non-hydrogen) atoms. The zero-order valence-electron chi connectivity index (χ0n) is 9.42. The molecule has 0 spiro atoms. The van der Waals surface area contributed by atoms with Gasteiger partial charge in [0, 0.05) is 11.0 Å². The van der Waals surface area contributed by atoms with E-state index in [2.05, 4.69) is 28.6 Å². The van der Waals surface area contributed by atoms with E-state index in [9.17, 15) is 0 Å². The summed E-state index contributed by atoms with van der Waals surface area (Å²) < 4.78 is 0. The average molecular weight is 244 g/mol. The summed E-state index contributed by atoms with van der Waals surface area (Å²) in [5, 5.41) is 13.7. The van der Waals surface area contributed by atoms with Crippen molar-refractivity contribution in [1.82, 2.24) is 4.98 Å². The van der Waals surface area contributed by atoms with Crippen molar-refractivity contribution in [2.75, 3.05) is 0 Å². The van der Waals surface area contributed by atoms with Crippen molar-refractivity contribution in [1.29, 1.82) is 0 Å². The molecular formula is C13H12N2OS. The van der Waals surface area contributed by atoms with E-state index in [1.54, 1.807) is 11.5 Å². The van der Waals surface area contributed by atoms with Gasteiger partial charge >= 0.3 is 0 Å². The topological polar surface area (TPSA) is 45.5 Å². The Balaban J connectivity index is 2.85. The molecule has 1 aromatic rings. The van der Waals surface area contributed by atoms with Gasteiger partial charge in [-0.15, -0.1) is 11.3 Å². The molecule has 0 aliphatic carbocycles. The summed E-state index contributed by atoms with van der Waals surface area (Å²) >= 11 is 1.40. The number of nitrogens with zero attached hydrogens (tertiary/aromatic N) is 2. The number of hydrogen-bond acceptors (Lipinski definition) is 4. The first-order valence-electron chi connectivity index (χ1n) is 4.90. The predicted molar refractivity (Wildman–Crippen MR) is 71.5 cm³/mol. The van der Waals surface area contributed by atoms with Gasteiger partial charge in [0.2, 0.25) is 0 Å². The molecule has 1 rings (SSSR count). The molecule has 3 nitrogen and oxygen atoms in total. The van der Waals surface area contributed by atoms with E-state index in [1.165, 1.54) is 17.6 Å². The van der Waals surface area contributed by atoms with Gasteiger partial charge in [0.1, 0.15) is 0 Å². The molecule has 0 radical (unpaired) electrons. The Morgan fingerprint density at radius 1 is 1.65 bits per heavy atom. The Hall–Kier alpha value is -2.12. The van der Waals surface area contributed by atoms with Crippen molar-refractivity contribution >= 4 is 17.6 Å². The van der Waals surface area contributed by atoms with Gasteiger partial charge in [-0.1, -0.05) is 35.9 Å². The fourth-order valence-corrected chi connectivity index (χ4v) is 1.56. The average Bonchev–Trinajstić information content (AvgIpc) is 2.78. The summed E-state index contributed by atoms with van der Waals surface area (Å²) in [6.07, 6.45) is 8.66. The van der Waals surface area contributed by atoms with Crippen LogP contribution in [0.4, 0.5) is 0 Å². The fourth-order valence-electron chi connectivity index (χ4n) is 0.948. The molecule has 86 valence electrons. The second-order valence-electron chi connectivity index (χ2n) is 2.92. The summed E-state index contributed by atoms with van der Waals surface area (Å²) in [5.41, 5.74) is 1.43. The van der Waals surface area contributed by atoms with Crippen molar-refractivity contribution in [3.63, 3.8) is 0 Å². The first kappa shape index (κ1) is 12.9. The Labute approximate surface area is 105 Å². The van der Waals surface area contributed by atoms with Crippen molar-refractivity contribution in [3.05, 3.63) is 52.5 Å².